The number of carbonyl (C=O) groups is 4. The molecule has 1 heterocycles. The molecule has 0 radical (unpaired) electrons. The van der Waals surface area contributed by atoms with E-state index < -0.39 is 47.9 Å². The SMILES string of the molecule is CSCCC(N)C(=O)NC(Cc1c[nH]c2ccccc12)C(=O)NC(CCSC)C(=O)NC(C)C(=O)O. The molecule has 0 bridgehead atoms. The summed E-state index contributed by atoms with van der Waals surface area (Å²) in [5.41, 5.74) is 7.75. The van der Waals surface area contributed by atoms with E-state index in [0.29, 0.717) is 24.3 Å². The third-order valence-electron chi connectivity index (χ3n) is 5.67. The van der Waals surface area contributed by atoms with Gasteiger partial charge in [-0.25, -0.2) is 0 Å². The van der Waals surface area contributed by atoms with E-state index in [1.807, 2.05) is 36.8 Å². The van der Waals surface area contributed by atoms with E-state index in [2.05, 4.69) is 20.9 Å². The minimum atomic E-state index is -1.18. The maximum absolute atomic E-state index is 13.4. The average molecular weight is 538 g/mol. The van der Waals surface area contributed by atoms with Crippen molar-refractivity contribution in [2.75, 3.05) is 24.0 Å². The Morgan fingerprint density at radius 3 is 2.22 bits per heavy atom. The van der Waals surface area contributed by atoms with Gasteiger partial charge in [0, 0.05) is 23.5 Å². The Balaban J connectivity index is 2.25. The molecule has 198 valence electrons. The van der Waals surface area contributed by atoms with Gasteiger partial charge < -0.3 is 31.8 Å². The van der Waals surface area contributed by atoms with E-state index in [0.717, 1.165) is 16.5 Å². The molecule has 12 heteroatoms. The molecule has 0 spiro atoms. The fraction of sp³-hybridized carbons (Fsp3) is 0.500. The normalized spacial score (nSPS) is 14.4. The number of fused-ring (bicyclic) bond motifs is 1. The van der Waals surface area contributed by atoms with Gasteiger partial charge in [0.25, 0.3) is 0 Å². The molecule has 4 unspecified atom stereocenters. The number of H-pyrrole nitrogens is 1. The van der Waals surface area contributed by atoms with E-state index in [1.165, 1.54) is 18.7 Å². The molecule has 0 saturated carbocycles. The molecule has 0 aliphatic carbocycles. The number of aromatic amines is 1. The highest BCUT2D eigenvalue weighted by molar-refractivity contribution is 7.98. The maximum atomic E-state index is 13.4. The number of thioether (sulfide) groups is 2. The zero-order valence-electron chi connectivity index (χ0n) is 20.7. The predicted molar refractivity (Wildman–Crippen MR) is 145 cm³/mol. The minimum Gasteiger partial charge on any atom is -0.480 e. The molecular formula is C24H35N5O5S2. The summed E-state index contributed by atoms with van der Waals surface area (Å²) in [5.74, 6) is -1.50. The molecule has 36 heavy (non-hydrogen) atoms. The summed E-state index contributed by atoms with van der Waals surface area (Å²) >= 11 is 3.07. The van der Waals surface area contributed by atoms with Crippen molar-refractivity contribution in [3.05, 3.63) is 36.0 Å². The number of aliphatic carboxylic acids is 1. The van der Waals surface area contributed by atoms with Crippen LogP contribution < -0.4 is 21.7 Å². The van der Waals surface area contributed by atoms with Crippen molar-refractivity contribution < 1.29 is 24.3 Å². The fourth-order valence-corrected chi connectivity index (χ4v) is 4.50. The van der Waals surface area contributed by atoms with Crippen molar-refractivity contribution in [2.24, 2.45) is 5.73 Å². The van der Waals surface area contributed by atoms with Crippen LogP contribution in [0, 0.1) is 0 Å². The fourth-order valence-electron chi connectivity index (χ4n) is 3.54. The molecule has 4 atom stereocenters. The van der Waals surface area contributed by atoms with Crippen LogP contribution in [0.2, 0.25) is 0 Å². The van der Waals surface area contributed by atoms with Gasteiger partial charge in [0.05, 0.1) is 6.04 Å². The molecule has 0 aliphatic heterocycles. The number of nitrogens with two attached hydrogens (primary N) is 1. The number of carboxylic acids is 1. The molecule has 7 N–H and O–H groups in total. The van der Waals surface area contributed by atoms with Gasteiger partial charge in [-0.1, -0.05) is 18.2 Å². The van der Waals surface area contributed by atoms with Gasteiger partial charge in [0.15, 0.2) is 0 Å². The summed E-state index contributed by atoms with van der Waals surface area (Å²) in [5, 5.41) is 17.9. The zero-order chi connectivity index (χ0) is 26.7. The molecule has 2 rings (SSSR count). The van der Waals surface area contributed by atoms with E-state index in [9.17, 15) is 19.2 Å². The Hall–Kier alpha value is -2.70. The van der Waals surface area contributed by atoms with Gasteiger partial charge in [-0.2, -0.15) is 23.5 Å². The van der Waals surface area contributed by atoms with Crippen molar-refractivity contribution in [1.29, 1.82) is 0 Å². The number of benzene rings is 1. The van der Waals surface area contributed by atoms with Gasteiger partial charge in [-0.15, -0.1) is 0 Å². The lowest BCUT2D eigenvalue weighted by molar-refractivity contribution is -0.141. The van der Waals surface area contributed by atoms with Crippen LogP contribution in [0.1, 0.15) is 25.3 Å². The molecular weight excluding hydrogens is 502 g/mol. The number of amides is 3. The highest BCUT2D eigenvalue weighted by atomic mass is 32.2. The molecule has 1 aromatic heterocycles. The zero-order valence-corrected chi connectivity index (χ0v) is 22.3. The van der Waals surface area contributed by atoms with Gasteiger partial charge in [0.1, 0.15) is 18.1 Å². The van der Waals surface area contributed by atoms with Gasteiger partial charge in [0.2, 0.25) is 17.7 Å². The van der Waals surface area contributed by atoms with Crippen LogP contribution in [-0.2, 0) is 25.6 Å². The van der Waals surface area contributed by atoms with Gasteiger partial charge in [-0.3, -0.25) is 19.2 Å². The lowest BCUT2D eigenvalue weighted by atomic mass is 10.0. The summed E-state index contributed by atoms with van der Waals surface area (Å²) < 4.78 is 0. The number of rotatable bonds is 15. The van der Waals surface area contributed by atoms with Crippen LogP contribution in [0.4, 0.5) is 0 Å². The summed E-state index contributed by atoms with van der Waals surface area (Å²) in [6, 6.07) is 3.79. The highest BCUT2D eigenvalue weighted by Crippen LogP contribution is 2.19. The van der Waals surface area contributed by atoms with Gasteiger partial charge >= 0.3 is 5.97 Å². The molecule has 10 nitrogen and oxygen atoms in total. The Morgan fingerprint density at radius 2 is 1.56 bits per heavy atom. The van der Waals surface area contributed by atoms with Crippen molar-refractivity contribution in [2.45, 2.75) is 50.4 Å². The smallest absolute Gasteiger partial charge is 0.325 e. The summed E-state index contributed by atoms with van der Waals surface area (Å²) in [6.07, 6.45) is 6.51. The number of nitrogens with one attached hydrogen (secondary N) is 4. The van der Waals surface area contributed by atoms with Crippen LogP contribution in [0.15, 0.2) is 30.5 Å². The van der Waals surface area contributed by atoms with Crippen LogP contribution in [0.5, 0.6) is 0 Å². The highest BCUT2D eigenvalue weighted by Gasteiger charge is 2.30. The number of para-hydroxylation sites is 1. The molecule has 1 aromatic carbocycles. The van der Waals surface area contributed by atoms with E-state index in [-0.39, 0.29) is 6.42 Å². The first-order valence-corrected chi connectivity index (χ1v) is 14.4. The first kappa shape index (κ1) is 29.5. The van der Waals surface area contributed by atoms with E-state index >= 15 is 0 Å². The number of carboxylic acid groups (broad SMARTS) is 1. The third-order valence-corrected chi connectivity index (χ3v) is 6.96. The van der Waals surface area contributed by atoms with Crippen LogP contribution >= 0.6 is 23.5 Å². The van der Waals surface area contributed by atoms with Crippen molar-refractivity contribution in [3.8, 4) is 0 Å². The van der Waals surface area contributed by atoms with E-state index in [1.54, 1.807) is 18.0 Å². The second kappa shape index (κ2) is 14.8. The Morgan fingerprint density at radius 1 is 0.944 bits per heavy atom. The Kier molecular flexibility index (Phi) is 12.1. The standard InChI is InChI=1S/C24H35N5O5S2/c1-14(24(33)34)27-22(31)19(9-11-36-3)28-23(32)20(29-21(30)17(25)8-10-35-2)12-15-13-26-18-7-5-4-6-16(15)18/h4-7,13-14,17,19-20,26H,8-12,25H2,1-3H3,(H,27,31)(H,28,32)(H,29,30)(H,33,34). The number of hydrogen-bond donors (Lipinski definition) is 6. The Labute approximate surface area is 219 Å². The lowest BCUT2D eigenvalue weighted by Gasteiger charge is -2.24. The minimum absolute atomic E-state index is 0.180. The number of carbonyl (C=O) groups excluding carboxylic acids is 3. The van der Waals surface area contributed by atoms with Crippen molar-refractivity contribution >= 4 is 58.1 Å². The van der Waals surface area contributed by atoms with Crippen LogP contribution in [0.25, 0.3) is 10.9 Å². The van der Waals surface area contributed by atoms with Crippen molar-refractivity contribution in [3.63, 3.8) is 0 Å². The van der Waals surface area contributed by atoms with Gasteiger partial charge in [-0.05, 0) is 55.4 Å². The third kappa shape index (κ3) is 8.75. The second-order valence-electron chi connectivity index (χ2n) is 8.42. The maximum Gasteiger partial charge on any atom is 0.325 e. The molecule has 0 saturated heterocycles. The molecule has 0 aliphatic rings. The monoisotopic (exact) mass is 537 g/mol. The summed E-state index contributed by atoms with van der Waals surface area (Å²) in [7, 11) is 0. The largest absolute Gasteiger partial charge is 0.480 e. The lowest BCUT2D eigenvalue weighted by Crippen LogP contribution is -2.57. The van der Waals surface area contributed by atoms with Crippen molar-refractivity contribution in [1.82, 2.24) is 20.9 Å². The quantitative estimate of drug-likeness (QED) is 0.196. The van der Waals surface area contributed by atoms with Crippen LogP contribution in [-0.4, -0.2) is 82.0 Å². The topological polar surface area (TPSA) is 166 Å². The first-order valence-electron chi connectivity index (χ1n) is 11.6. The van der Waals surface area contributed by atoms with Crippen LogP contribution in [0.3, 0.4) is 0 Å². The average Bonchev–Trinajstić information content (AvgIpc) is 3.26. The first-order chi connectivity index (χ1) is 17.2. The van der Waals surface area contributed by atoms with E-state index in [4.69, 9.17) is 10.8 Å². The summed E-state index contributed by atoms with van der Waals surface area (Å²) in [4.78, 5) is 53.3. The summed E-state index contributed by atoms with van der Waals surface area (Å²) in [6.45, 7) is 1.35. The number of hydrogen-bond acceptors (Lipinski definition) is 7. The number of aromatic nitrogens is 1. The molecule has 0 fully saturated rings. The Bertz CT molecular complexity index is 1050. The second-order valence-corrected chi connectivity index (χ2v) is 10.4. The predicted octanol–water partition coefficient (Wildman–Crippen LogP) is 1.10. The molecule has 2 aromatic rings. The molecule has 3 amide bonds.